The predicted molar refractivity (Wildman–Crippen MR) is 118 cm³/mol. The van der Waals surface area contributed by atoms with Crippen LogP contribution in [0.15, 0.2) is 94.1 Å². The third-order valence-corrected chi connectivity index (χ3v) is 5.48. The molecule has 0 saturated carbocycles. The maximum absolute atomic E-state index is 13.2. The van der Waals surface area contributed by atoms with Gasteiger partial charge in [0, 0.05) is 21.9 Å². The molecule has 0 atom stereocenters. The first kappa shape index (κ1) is 16.7. The van der Waals surface area contributed by atoms with Crippen molar-refractivity contribution in [2.75, 3.05) is 0 Å². The highest BCUT2D eigenvalue weighted by Gasteiger charge is 2.21. The Morgan fingerprint density at radius 1 is 0.767 bits per heavy atom. The molecule has 6 rings (SSSR count). The molecule has 0 amide bonds. The molecule has 5 heteroatoms. The van der Waals surface area contributed by atoms with Gasteiger partial charge in [-0.1, -0.05) is 78.0 Å². The number of hydrogen-bond donors (Lipinski definition) is 1. The predicted octanol–water partition coefficient (Wildman–Crippen LogP) is 5.55. The van der Waals surface area contributed by atoms with Crippen LogP contribution >= 0.6 is 0 Å². The van der Waals surface area contributed by atoms with Gasteiger partial charge in [0.05, 0.1) is 11.1 Å². The second-order valence-corrected chi connectivity index (χ2v) is 7.18. The lowest BCUT2D eigenvalue weighted by molar-refractivity contribution is 0.564. The van der Waals surface area contributed by atoms with E-state index in [2.05, 4.69) is 27.5 Å². The lowest BCUT2D eigenvalue weighted by Crippen LogP contribution is -2.06. The first-order valence-corrected chi connectivity index (χ1v) is 9.65. The molecule has 0 bridgehead atoms. The Labute approximate surface area is 170 Å². The van der Waals surface area contributed by atoms with Crippen molar-refractivity contribution in [2.24, 2.45) is 0 Å². The van der Waals surface area contributed by atoms with Crippen LogP contribution in [0.5, 0.6) is 0 Å². The quantitative estimate of drug-likeness (QED) is 0.394. The summed E-state index contributed by atoms with van der Waals surface area (Å²) >= 11 is 0. The number of benzene rings is 4. The average molecular weight is 389 g/mol. The Morgan fingerprint density at radius 3 is 2.37 bits per heavy atom. The fourth-order valence-corrected chi connectivity index (χ4v) is 4.17. The molecule has 0 spiro atoms. The van der Waals surface area contributed by atoms with Gasteiger partial charge in [-0.05, 0) is 23.1 Å². The minimum absolute atomic E-state index is 0.375. The Morgan fingerprint density at radius 2 is 1.50 bits per heavy atom. The van der Waals surface area contributed by atoms with Crippen LogP contribution in [-0.2, 0) is 0 Å². The molecule has 2 heterocycles. The van der Waals surface area contributed by atoms with Gasteiger partial charge in [-0.3, -0.25) is 5.10 Å². The Kier molecular flexibility index (Phi) is 3.55. The topological polar surface area (TPSA) is 71.8 Å². The molecule has 0 radical (unpaired) electrons. The van der Waals surface area contributed by atoms with Crippen LogP contribution in [0.1, 0.15) is 0 Å². The number of fused-ring (bicyclic) bond motifs is 4. The van der Waals surface area contributed by atoms with Crippen molar-refractivity contribution in [1.29, 1.82) is 0 Å². The Bertz CT molecular complexity index is 1610. The van der Waals surface area contributed by atoms with Crippen molar-refractivity contribution < 1.29 is 4.42 Å². The molecule has 1 N–H and O–H groups in total. The van der Waals surface area contributed by atoms with Crippen LogP contribution in [-0.4, -0.2) is 15.4 Å². The van der Waals surface area contributed by atoms with E-state index in [1.54, 1.807) is 0 Å². The average Bonchev–Trinajstić information content (AvgIpc) is 3.29. The van der Waals surface area contributed by atoms with Gasteiger partial charge >= 0.3 is 5.63 Å². The standard InChI is InChI=1S/C25H15N3O2/c29-25-21(15-8-2-1-3-9-15)22(18-12-6-7-13-20(18)30-25)19-14-16-10-4-5-11-17(16)23-24(19)27-28-26-23/h1-14H,(H,26,27,28). The number of para-hydroxylation sites is 1. The van der Waals surface area contributed by atoms with E-state index in [0.29, 0.717) is 11.1 Å². The fourth-order valence-electron chi connectivity index (χ4n) is 4.17. The largest absolute Gasteiger partial charge is 0.422 e. The first-order chi connectivity index (χ1) is 14.8. The van der Waals surface area contributed by atoms with Gasteiger partial charge in [0.15, 0.2) is 0 Å². The smallest absolute Gasteiger partial charge is 0.344 e. The molecule has 0 aliphatic carbocycles. The zero-order chi connectivity index (χ0) is 20.1. The summed E-state index contributed by atoms with van der Waals surface area (Å²) in [6, 6.07) is 27.4. The van der Waals surface area contributed by atoms with Crippen LogP contribution < -0.4 is 5.63 Å². The van der Waals surface area contributed by atoms with Crippen molar-refractivity contribution in [3.8, 4) is 22.3 Å². The molecule has 30 heavy (non-hydrogen) atoms. The minimum Gasteiger partial charge on any atom is -0.422 e. The van der Waals surface area contributed by atoms with Gasteiger partial charge in [0.1, 0.15) is 11.1 Å². The summed E-state index contributed by atoms with van der Waals surface area (Å²) in [7, 11) is 0. The molecule has 0 unspecified atom stereocenters. The van der Waals surface area contributed by atoms with Crippen molar-refractivity contribution >= 4 is 32.8 Å². The molecule has 0 aliphatic heterocycles. The molecular formula is C25H15N3O2. The molecule has 0 aliphatic rings. The second kappa shape index (κ2) is 6.39. The number of aromatic amines is 1. The molecular weight excluding hydrogens is 374 g/mol. The van der Waals surface area contributed by atoms with E-state index >= 15 is 0 Å². The highest BCUT2D eigenvalue weighted by atomic mass is 16.4. The van der Waals surface area contributed by atoms with Gasteiger partial charge in [0.25, 0.3) is 0 Å². The van der Waals surface area contributed by atoms with Gasteiger partial charge in [-0.25, -0.2) is 4.79 Å². The van der Waals surface area contributed by atoms with Crippen LogP contribution in [0.2, 0.25) is 0 Å². The number of rotatable bonds is 2. The number of nitrogens with zero attached hydrogens (tertiary/aromatic N) is 2. The monoisotopic (exact) mass is 389 g/mol. The van der Waals surface area contributed by atoms with E-state index in [1.165, 1.54) is 0 Å². The second-order valence-electron chi connectivity index (χ2n) is 7.18. The summed E-state index contributed by atoms with van der Waals surface area (Å²) in [5.41, 5.74) is 4.71. The van der Waals surface area contributed by atoms with Crippen molar-refractivity contribution in [1.82, 2.24) is 15.4 Å². The third-order valence-electron chi connectivity index (χ3n) is 5.48. The highest BCUT2D eigenvalue weighted by molar-refractivity contribution is 6.15. The molecule has 2 aromatic heterocycles. The summed E-state index contributed by atoms with van der Waals surface area (Å²) < 4.78 is 5.69. The Balaban J connectivity index is 1.85. The van der Waals surface area contributed by atoms with Gasteiger partial charge in [-0.15, -0.1) is 5.10 Å². The van der Waals surface area contributed by atoms with Gasteiger partial charge in [0.2, 0.25) is 0 Å². The zero-order valence-electron chi connectivity index (χ0n) is 15.8. The first-order valence-electron chi connectivity index (χ1n) is 9.65. The maximum atomic E-state index is 13.2. The summed E-state index contributed by atoms with van der Waals surface area (Å²) in [6.07, 6.45) is 0. The lowest BCUT2D eigenvalue weighted by Gasteiger charge is -2.13. The van der Waals surface area contributed by atoms with Crippen molar-refractivity contribution in [3.05, 3.63) is 95.3 Å². The van der Waals surface area contributed by atoms with E-state index in [1.807, 2.05) is 72.8 Å². The number of hydrogen-bond acceptors (Lipinski definition) is 4. The van der Waals surface area contributed by atoms with Crippen molar-refractivity contribution in [2.45, 2.75) is 0 Å². The van der Waals surface area contributed by atoms with Gasteiger partial charge in [-0.2, -0.15) is 0 Å². The fraction of sp³-hybridized carbons (Fsp3) is 0. The lowest BCUT2D eigenvalue weighted by atomic mass is 9.91. The van der Waals surface area contributed by atoms with E-state index < -0.39 is 0 Å². The molecule has 0 saturated heterocycles. The molecule has 5 nitrogen and oxygen atoms in total. The SMILES string of the molecule is O=c1oc2ccccc2c(-c2cc3ccccc3c3[nH]nnc23)c1-c1ccccc1. The van der Waals surface area contributed by atoms with Crippen LogP contribution in [0, 0.1) is 0 Å². The minimum atomic E-state index is -0.375. The normalized spacial score (nSPS) is 11.5. The van der Waals surface area contributed by atoms with Crippen LogP contribution in [0.3, 0.4) is 0 Å². The summed E-state index contributed by atoms with van der Waals surface area (Å²) in [5.74, 6) is 0. The molecule has 6 aromatic rings. The molecule has 4 aromatic carbocycles. The molecule has 142 valence electrons. The van der Waals surface area contributed by atoms with E-state index in [-0.39, 0.29) is 5.63 Å². The number of H-pyrrole nitrogens is 1. The highest BCUT2D eigenvalue weighted by Crippen LogP contribution is 2.40. The van der Waals surface area contributed by atoms with Crippen LogP contribution in [0.25, 0.3) is 55.0 Å². The van der Waals surface area contributed by atoms with E-state index in [9.17, 15) is 4.79 Å². The summed E-state index contributed by atoms with van der Waals surface area (Å²) in [4.78, 5) is 13.2. The Hall–Kier alpha value is -4.25. The van der Waals surface area contributed by atoms with Crippen LogP contribution in [0.4, 0.5) is 0 Å². The zero-order valence-corrected chi connectivity index (χ0v) is 15.8. The number of nitrogens with one attached hydrogen (secondary N) is 1. The third kappa shape index (κ3) is 2.39. The summed E-state index contributed by atoms with van der Waals surface area (Å²) in [6.45, 7) is 0. The van der Waals surface area contributed by atoms with E-state index in [0.717, 1.165) is 43.9 Å². The van der Waals surface area contributed by atoms with Gasteiger partial charge < -0.3 is 4.42 Å². The number of aromatic nitrogens is 3. The maximum Gasteiger partial charge on any atom is 0.344 e. The van der Waals surface area contributed by atoms with Crippen molar-refractivity contribution in [3.63, 3.8) is 0 Å². The molecule has 0 fully saturated rings. The van der Waals surface area contributed by atoms with E-state index in [4.69, 9.17) is 4.42 Å². The summed E-state index contributed by atoms with van der Waals surface area (Å²) in [5, 5.41) is 14.4.